The lowest BCUT2D eigenvalue weighted by atomic mass is 9.80. The first-order valence-corrected chi connectivity index (χ1v) is 6.80. The van der Waals surface area contributed by atoms with E-state index in [-0.39, 0.29) is 6.61 Å². The molecule has 1 N–H and O–H groups in total. The Kier molecular flexibility index (Phi) is 4.80. The Morgan fingerprint density at radius 1 is 1.47 bits per heavy atom. The Bertz CT molecular complexity index is 442. The van der Waals surface area contributed by atoms with Crippen molar-refractivity contribution < 1.29 is 19.7 Å². The van der Waals surface area contributed by atoms with E-state index in [1.807, 2.05) is 12.1 Å². The molecule has 0 bridgehead atoms. The molecule has 1 aliphatic carbocycles. The molecule has 0 radical (unpaired) electrons. The Morgan fingerprint density at radius 3 is 3.05 bits per heavy atom. The van der Waals surface area contributed by atoms with Gasteiger partial charge in [-0.15, -0.1) is 0 Å². The van der Waals surface area contributed by atoms with Gasteiger partial charge in [0.05, 0.1) is 0 Å². The minimum Gasteiger partial charge on any atom is -0.396 e. The van der Waals surface area contributed by atoms with Crippen LogP contribution in [0.5, 0.6) is 5.75 Å². The zero-order chi connectivity index (χ0) is 13.7. The van der Waals surface area contributed by atoms with Gasteiger partial charge in [-0.1, -0.05) is 12.1 Å². The predicted octanol–water partition coefficient (Wildman–Crippen LogP) is 2.74. The zero-order valence-electron chi connectivity index (χ0n) is 11.2. The number of benzene rings is 1. The van der Waals surface area contributed by atoms with Crippen LogP contribution in [0.4, 0.5) is 0 Å². The van der Waals surface area contributed by atoms with Crippen LogP contribution in [-0.4, -0.2) is 17.7 Å². The second-order valence-corrected chi connectivity index (χ2v) is 4.94. The summed E-state index contributed by atoms with van der Waals surface area (Å²) in [6, 6.07) is 5.86. The summed E-state index contributed by atoms with van der Waals surface area (Å²) in [4.78, 5) is 20.6. The van der Waals surface area contributed by atoms with Gasteiger partial charge in [-0.25, -0.2) is 4.79 Å². The minimum absolute atomic E-state index is 0.232. The highest BCUT2D eigenvalue weighted by Crippen LogP contribution is 2.38. The van der Waals surface area contributed by atoms with E-state index in [0.717, 1.165) is 37.7 Å². The summed E-state index contributed by atoms with van der Waals surface area (Å²) in [6.45, 7) is 1.55. The fourth-order valence-electron chi connectivity index (χ4n) is 2.73. The lowest BCUT2D eigenvalue weighted by Crippen LogP contribution is -2.13. The second kappa shape index (κ2) is 6.57. The summed E-state index contributed by atoms with van der Waals surface area (Å²) in [5, 5.41) is 8.96. The summed E-state index contributed by atoms with van der Waals surface area (Å²) >= 11 is 0. The van der Waals surface area contributed by atoms with Gasteiger partial charge >= 0.3 is 5.97 Å². The molecule has 1 atom stereocenters. The molecule has 0 aliphatic heterocycles. The zero-order valence-corrected chi connectivity index (χ0v) is 11.2. The Hall–Kier alpha value is -1.55. The first-order chi connectivity index (χ1) is 9.22. The van der Waals surface area contributed by atoms with Crippen LogP contribution in [0.3, 0.4) is 0 Å². The third-order valence-corrected chi connectivity index (χ3v) is 3.55. The van der Waals surface area contributed by atoms with Crippen LogP contribution in [0.15, 0.2) is 18.2 Å². The third kappa shape index (κ3) is 3.47. The molecule has 0 saturated carbocycles. The van der Waals surface area contributed by atoms with Crippen molar-refractivity contribution in [3.05, 3.63) is 29.3 Å². The maximum atomic E-state index is 10.8. The number of aliphatic hydroxyl groups excluding tert-OH is 1. The van der Waals surface area contributed by atoms with E-state index in [2.05, 4.69) is 11.0 Å². The van der Waals surface area contributed by atoms with Crippen LogP contribution in [-0.2, 0) is 16.1 Å². The minimum atomic E-state index is -0.453. The van der Waals surface area contributed by atoms with Gasteiger partial charge in [0.2, 0.25) is 0 Å². The molecule has 1 aliphatic rings. The van der Waals surface area contributed by atoms with Gasteiger partial charge in [0.1, 0.15) is 0 Å². The number of hydrogen-bond donors (Lipinski definition) is 1. The van der Waals surface area contributed by atoms with E-state index in [0.29, 0.717) is 11.7 Å². The lowest BCUT2D eigenvalue weighted by Gasteiger charge is -2.26. The number of hydrogen-bond acceptors (Lipinski definition) is 4. The molecule has 0 heterocycles. The predicted molar refractivity (Wildman–Crippen MR) is 70.8 cm³/mol. The van der Waals surface area contributed by atoms with Crippen LogP contribution in [0, 0.1) is 0 Å². The van der Waals surface area contributed by atoms with Crippen LogP contribution in [0.1, 0.15) is 49.7 Å². The average molecular weight is 264 g/mol. The van der Waals surface area contributed by atoms with E-state index in [1.54, 1.807) is 0 Å². The van der Waals surface area contributed by atoms with Crippen molar-refractivity contribution in [2.75, 3.05) is 6.61 Å². The monoisotopic (exact) mass is 264 g/mol. The summed E-state index contributed by atoms with van der Waals surface area (Å²) in [7, 11) is 0. The molecule has 4 nitrogen and oxygen atoms in total. The van der Waals surface area contributed by atoms with Crippen LogP contribution in [0.2, 0.25) is 0 Å². The number of carbonyl (C=O) groups excluding carboxylic acids is 1. The number of carbonyl (C=O) groups is 1. The molecule has 0 aromatic heterocycles. The Morgan fingerprint density at radius 2 is 2.32 bits per heavy atom. The molecule has 19 heavy (non-hydrogen) atoms. The van der Waals surface area contributed by atoms with Crippen molar-refractivity contribution >= 4 is 5.97 Å². The lowest BCUT2D eigenvalue weighted by molar-refractivity contribution is -0.211. The van der Waals surface area contributed by atoms with Gasteiger partial charge in [-0.3, -0.25) is 9.78 Å². The van der Waals surface area contributed by atoms with E-state index in [1.165, 1.54) is 12.5 Å². The molecular weight excluding hydrogens is 244 g/mol. The Balaban J connectivity index is 2.17. The maximum Gasteiger partial charge on any atom is 0.352 e. The standard InChI is InChI=1S/C15H20O4/c1-11(17)18-19-15-9-3-7-13-12(6-4-10-16)5-2-8-14(13)15/h3,7,9,12,16H,2,4-6,8,10H2,1H3. The summed E-state index contributed by atoms with van der Waals surface area (Å²) in [6.07, 6.45) is 5.00. The molecule has 104 valence electrons. The SMILES string of the molecule is CC(=O)OOc1cccc2c1CCCC2CCCO. The van der Waals surface area contributed by atoms with E-state index >= 15 is 0 Å². The van der Waals surface area contributed by atoms with Crippen molar-refractivity contribution in [1.29, 1.82) is 0 Å². The molecule has 0 amide bonds. The fourth-order valence-corrected chi connectivity index (χ4v) is 2.73. The first kappa shape index (κ1) is 13.9. The van der Waals surface area contributed by atoms with Gasteiger partial charge < -0.3 is 5.11 Å². The quantitative estimate of drug-likeness (QED) is 0.656. The van der Waals surface area contributed by atoms with E-state index < -0.39 is 5.97 Å². The Labute approximate surface area is 113 Å². The van der Waals surface area contributed by atoms with Crippen molar-refractivity contribution in [3.8, 4) is 5.75 Å². The first-order valence-electron chi connectivity index (χ1n) is 6.80. The van der Waals surface area contributed by atoms with E-state index in [9.17, 15) is 4.79 Å². The molecule has 1 aromatic carbocycles. The summed E-state index contributed by atoms with van der Waals surface area (Å²) in [5.74, 6) is 0.656. The highest BCUT2D eigenvalue weighted by atomic mass is 17.2. The van der Waals surface area contributed by atoms with Crippen molar-refractivity contribution in [1.82, 2.24) is 0 Å². The average Bonchev–Trinajstić information content (AvgIpc) is 2.42. The molecule has 1 unspecified atom stereocenters. The summed E-state index contributed by atoms with van der Waals surface area (Å²) in [5.41, 5.74) is 2.40. The molecule has 0 spiro atoms. The number of fused-ring (bicyclic) bond motifs is 1. The van der Waals surface area contributed by atoms with E-state index in [4.69, 9.17) is 9.99 Å². The molecular formula is C15H20O4. The van der Waals surface area contributed by atoms with Crippen molar-refractivity contribution in [3.63, 3.8) is 0 Å². The van der Waals surface area contributed by atoms with Crippen molar-refractivity contribution in [2.45, 2.75) is 44.9 Å². The molecule has 1 aromatic rings. The van der Waals surface area contributed by atoms with Crippen LogP contribution >= 0.6 is 0 Å². The molecule has 2 rings (SSSR count). The third-order valence-electron chi connectivity index (χ3n) is 3.55. The highest BCUT2D eigenvalue weighted by molar-refractivity contribution is 5.65. The summed E-state index contributed by atoms with van der Waals surface area (Å²) < 4.78 is 0. The molecule has 4 heteroatoms. The molecule has 0 fully saturated rings. The number of aliphatic hydroxyl groups is 1. The van der Waals surface area contributed by atoms with Crippen LogP contribution in [0.25, 0.3) is 0 Å². The highest BCUT2D eigenvalue weighted by Gasteiger charge is 2.23. The van der Waals surface area contributed by atoms with Crippen LogP contribution < -0.4 is 4.89 Å². The van der Waals surface area contributed by atoms with Gasteiger partial charge in [-0.2, -0.15) is 0 Å². The largest absolute Gasteiger partial charge is 0.396 e. The van der Waals surface area contributed by atoms with Gasteiger partial charge in [-0.05, 0) is 49.7 Å². The topological polar surface area (TPSA) is 55.8 Å². The van der Waals surface area contributed by atoms with Gasteiger partial charge in [0.15, 0.2) is 5.75 Å². The fraction of sp³-hybridized carbons (Fsp3) is 0.533. The molecule has 0 saturated heterocycles. The number of rotatable bonds is 5. The van der Waals surface area contributed by atoms with Gasteiger partial charge in [0.25, 0.3) is 0 Å². The maximum absolute atomic E-state index is 10.8. The van der Waals surface area contributed by atoms with Gasteiger partial charge in [0, 0.05) is 19.1 Å². The van der Waals surface area contributed by atoms with Crippen molar-refractivity contribution in [2.24, 2.45) is 0 Å². The second-order valence-electron chi connectivity index (χ2n) is 4.94. The normalized spacial score (nSPS) is 17.7. The smallest absolute Gasteiger partial charge is 0.352 e.